The number of benzene rings is 1. The Hall–Kier alpha value is -1.97. The summed E-state index contributed by atoms with van der Waals surface area (Å²) in [5.41, 5.74) is 8.89. The summed E-state index contributed by atoms with van der Waals surface area (Å²) >= 11 is 0. The van der Waals surface area contributed by atoms with E-state index in [-0.39, 0.29) is 6.10 Å². The first-order chi connectivity index (χ1) is 8.20. The van der Waals surface area contributed by atoms with Crippen molar-refractivity contribution in [2.24, 2.45) is 0 Å². The number of ether oxygens (including phenoxy) is 1. The monoisotopic (exact) mass is 229 g/mol. The van der Waals surface area contributed by atoms with Gasteiger partial charge in [-0.25, -0.2) is 0 Å². The normalized spacial score (nSPS) is 17.8. The number of fused-ring (bicyclic) bond motifs is 1. The molecule has 0 saturated carbocycles. The molecular weight excluding hydrogens is 214 g/mol. The Bertz CT molecular complexity index is 545. The van der Waals surface area contributed by atoms with Gasteiger partial charge >= 0.3 is 0 Å². The second-order valence-electron chi connectivity index (χ2n) is 4.55. The van der Waals surface area contributed by atoms with Crippen LogP contribution in [0.25, 0.3) is 0 Å². The number of nitrogen functional groups attached to an aromatic ring is 1. The fourth-order valence-electron chi connectivity index (χ4n) is 2.24. The molecule has 0 radical (unpaired) electrons. The Morgan fingerprint density at radius 1 is 1.53 bits per heavy atom. The lowest BCUT2D eigenvalue weighted by Gasteiger charge is -2.10. The number of aryl methyl sites for hydroxylation is 1. The van der Waals surface area contributed by atoms with Crippen LogP contribution in [0.3, 0.4) is 0 Å². The summed E-state index contributed by atoms with van der Waals surface area (Å²) in [6.07, 6.45) is 4.59. The SMILES string of the molecule is Cc1ccc2c(c1)CC(Cn1cc(N)cn1)O2. The van der Waals surface area contributed by atoms with Crippen LogP contribution in [0, 0.1) is 6.92 Å². The van der Waals surface area contributed by atoms with E-state index in [0.29, 0.717) is 5.69 Å². The number of nitrogens with zero attached hydrogens (tertiary/aromatic N) is 2. The molecule has 0 aliphatic carbocycles. The van der Waals surface area contributed by atoms with Crippen LogP contribution in [0.2, 0.25) is 0 Å². The summed E-state index contributed by atoms with van der Waals surface area (Å²) in [6, 6.07) is 6.31. The van der Waals surface area contributed by atoms with E-state index in [1.54, 1.807) is 6.20 Å². The zero-order valence-corrected chi connectivity index (χ0v) is 9.76. The molecule has 3 rings (SSSR count). The van der Waals surface area contributed by atoms with Crippen LogP contribution in [-0.2, 0) is 13.0 Å². The van der Waals surface area contributed by atoms with Gasteiger partial charge in [0.05, 0.1) is 18.4 Å². The van der Waals surface area contributed by atoms with E-state index in [9.17, 15) is 0 Å². The Labute approximate surface area is 100 Å². The minimum atomic E-state index is 0.158. The van der Waals surface area contributed by atoms with E-state index in [1.165, 1.54) is 11.1 Å². The van der Waals surface area contributed by atoms with Gasteiger partial charge in [0.25, 0.3) is 0 Å². The van der Waals surface area contributed by atoms with Crippen molar-refractivity contribution in [3.63, 3.8) is 0 Å². The molecule has 1 atom stereocenters. The lowest BCUT2D eigenvalue weighted by molar-refractivity contribution is 0.203. The Morgan fingerprint density at radius 2 is 2.41 bits per heavy atom. The first kappa shape index (κ1) is 10.2. The maximum absolute atomic E-state index is 5.87. The van der Waals surface area contributed by atoms with Crippen LogP contribution in [0.4, 0.5) is 5.69 Å². The summed E-state index contributed by atoms with van der Waals surface area (Å²) in [5.74, 6) is 1.00. The van der Waals surface area contributed by atoms with Gasteiger partial charge in [-0.05, 0) is 18.6 Å². The van der Waals surface area contributed by atoms with E-state index < -0.39 is 0 Å². The number of aromatic nitrogens is 2. The standard InChI is InChI=1S/C13H15N3O/c1-9-2-3-13-10(4-9)5-12(17-13)8-16-7-11(14)6-15-16/h2-4,6-7,12H,5,8,14H2,1H3. The Kier molecular flexibility index (Phi) is 2.28. The topological polar surface area (TPSA) is 53.1 Å². The van der Waals surface area contributed by atoms with Gasteiger partial charge in [-0.2, -0.15) is 5.10 Å². The molecule has 1 aromatic carbocycles. The zero-order chi connectivity index (χ0) is 11.8. The summed E-state index contributed by atoms with van der Waals surface area (Å²) in [4.78, 5) is 0. The predicted octanol–water partition coefficient (Wildman–Crippen LogP) is 1.78. The van der Waals surface area contributed by atoms with E-state index in [0.717, 1.165) is 18.7 Å². The van der Waals surface area contributed by atoms with E-state index in [1.807, 2.05) is 16.9 Å². The van der Waals surface area contributed by atoms with Crippen molar-refractivity contribution in [2.75, 3.05) is 5.73 Å². The molecule has 1 aromatic heterocycles. The molecule has 0 fully saturated rings. The van der Waals surface area contributed by atoms with Gasteiger partial charge < -0.3 is 10.5 Å². The van der Waals surface area contributed by atoms with Crippen LogP contribution >= 0.6 is 0 Å². The third-order valence-electron chi connectivity index (χ3n) is 3.00. The smallest absolute Gasteiger partial charge is 0.123 e. The first-order valence-corrected chi connectivity index (χ1v) is 5.75. The van der Waals surface area contributed by atoms with Gasteiger partial charge in [-0.1, -0.05) is 17.7 Å². The van der Waals surface area contributed by atoms with Gasteiger partial charge in [-0.3, -0.25) is 4.68 Å². The fraction of sp³-hybridized carbons (Fsp3) is 0.308. The fourth-order valence-corrected chi connectivity index (χ4v) is 2.24. The van der Waals surface area contributed by atoms with Gasteiger partial charge in [-0.15, -0.1) is 0 Å². The molecule has 4 heteroatoms. The number of rotatable bonds is 2. The van der Waals surface area contributed by atoms with Crippen molar-refractivity contribution in [3.8, 4) is 5.75 Å². The number of nitrogens with two attached hydrogens (primary N) is 1. The third-order valence-corrected chi connectivity index (χ3v) is 3.00. The van der Waals surface area contributed by atoms with Crippen molar-refractivity contribution < 1.29 is 4.74 Å². The molecule has 0 spiro atoms. The Balaban J connectivity index is 1.74. The summed E-state index contributed by atoms with van der Waals surface area (Å²) in [5, 5.41) is 4.17. The minimum absolute atomic E-state index is 0.158. The molecule has 1 aliphatic rings. The predicted molar refractivity (Wildman–Crippen MR) is 65.9 cm³/mol. The summed E-state index contributed by atoms with van der Waals surface area (Å²) in [6.45, 7) is 2.84. The molecule has 0 saturated heterocycles. The maximum atomic E-state index is 5.87. The summed E-state index contributed by atoms with van der Waals surface area (Å²) < 4.78 is 7.71. The van der Waals surface area contributed by atoms with Gasteiger partial charge in [0, 0.05) is 12.6 Å². The van der Waals surface area contributed by atoms with Gasteiger partial charge in [0.15, 0.2) is 0 Å². The highest BCUT2D eigenvalue weighted by atomic mass is 16.5. The largest absolute Gasteiger partial charge is 0.488 e. The van der Waals surface area contributed by atoms with Crippen LogP contribution in [0.15, 0.2) is 30.6 Å². The van der Waals surface area contributed by atoms with Crippen molar-refractivity contribution in [2.45, 2.75) is 26.0 Å². The molecule has 2 heterocycles. The molecule has 17 heavy (non-hydrogen) atoms. The quantitative estimate of drug-likeness (QED) is 0.854. The first-order valence-electron chi connectivity index (χ1n) is 5.75. The molecule has 2 N–H and O–H groups in total. The highest BCUT2D eigenvalue weighted by Crippen LogP contribution is 2.29. The highest BCUT2D eigenvalue weighted by Gasteiger charge is 2.23. The molecule has 88 valence electrons. The maximum Gasteiger partial charge on any atom is 0.123 e. The van der Waals surface area contributed by atoms with Crippen molar-refractivity contribution >= 4 is 5.69 Å². The molecule has 1 unspecified atom stereocenters. The van der Waals surface area contributed by atoms with E-state index in [4.69, 9.17) is 10.5 Å². The molecule has 0 bridgehead atoms. The van der Waals surface area contributed by atoms with E-state index >= 15 is 0 Å². The number of hydrogen-bond acceptors (Lipinski definition) is 3. The minimum Gasteiger partial charge on any atom is -0.488 e. The van der Waals surface area contributed by atoms with Crippen molar-refractivity contribution in [1.29, 1.82) is 0 Å². The van der Waals surface area contributed by atoms with Gasteiger partial charge in [0.2, 0.25) is 0 Å². The second-order valence-corrected chi connectivity index (χ2v) is 4.55. The zero-order valence-electron chi connectivity index (χ0n) is 9.76. The lowest BCUT2D eigenvalue weighted by atomic mass is 10.1. The van der Waals surface area contributed by atoms with Crippen LogP contribution < -0.4 is 10.5 Å². The average molecular weight is 229 g/mol. The lowest BCUT2D eigenvalue weighted by Crippen LogP contribution is -2.21. The van der Waals surface area contributed by atoms with E-state index in [2.05, 4.69) is 24.2 Å². The summed E-state index contributed by atoms with van der Waals surface area (Å²) in [7, 11) is 0. The average Bonchev–Trinajstić information content (AvgIpc) is 2.84. The Morgan fingerprint density at radius 3 is 3.18 bits per heavy atom. The third kappa shape index (κ3) is 1.98. The van der Waals surface area contributed by atoms with Gasteiger partial charge in [0.1, 0.15) is 11.9 Å². The van der Waals surface area contributed by atoms with Crippen molar-refractivity contribution in [1.82, 2.24) is 9.78 Å². The van der Waals surface area contributed by atoms with Crippen molar-refractivity contribution in [3.05, 3.63) is 41.7 Å². The van der Waals surface area contributed by atoms with Crippen LogP contribution in [0.1, 0.15) is 11.1 Å². The van der Waals surface area contributed by atoms with Crippen LogP contribution in [0.5, 0.6) is 5.75 Å². The molecule has 2 aromatic rings. The molecular formula is C13H15N3O. The molecule has 4 nitrogen and oxygen atoms in total. The number of anilines is 1. The molecule has 0 amide bonds. The second kappa shape index (κ2) is 3.80. The highest BCUT2D eigenvalue weighted by molar-refractivity contribution is 5.40. The molecule has 1 aliphatic heterocycles. The van der Waals surface area contributed by atoms with Crippen LogP contribution in [-0.4, -0.2) is 15.9 Å². The number of hydrogen-bond donors (Lipinski definition) is 1.